The molecule has 0 N–H and O–H groups in total. The van der Waals surface area contributed by atoms with Gasteiger partial charge in [0.05, 0.1) is 6.61 Å². The van der Waals surface area contributed by atoms with Gasteiger partial charge in [-0.3, -0.25) is 0 Å². The molecule has 0 fully saturated rings. The number of thiocarbonyl (C=S) groups is 1. The summed E-state index contributed by atoms with van der Waals surface area (Å²) in [6.45, 7) is 13.6. The van der Waals surface area contributed by atoms with Gasteiger partial charge in [-0.2, -0.15) is 0 Å². The Bertz CT molecular complexity index is 413. The van der Waals surface area contributed by atoms with Crippen molar-refractivity contribution in [3.05, 3.63) is 28.8 Å². The molecule has 0 spiro atoms. The minimum Gasteiger partial charge on any atom is -0.493 e. The highest BCUT2D eigenvalue weighted by Crippen LogP contribution is 2.37. The zero-order valence-electron chi connectivity index (χ0n) is 14.9. The Hall–Kier alpha value is -0.190. The zero-order valence-corrected chi connectivity index (χ0v) is 17.4. The van der Waals surface area contributed by atoms with E-state index < -0.39 is 0 Å². The lowest BCUT2D eigenvalue weighted by Crippen LogP contribution is -2.05. The molecule has 1 nitrogen and oxygen atoms in total. The van der Waals surface area contributed by atoms with E-state index in [1.165, 1.54) is 16.7 Å². The fourth-order valence-corrected chi connectivity index (χ4v) is 3.30. The van der Waals surface area contributed by atoms with E-state index in [0.717, 1.165) is 18.1 Å². The van der Waals surface area contributed by atoms with E-state index in [1.54, 1.807) is 5.37 Å². The van der Waals surface area contributed by atoms with Crippen LogP contribution in [0.15, 0.2) is 12.1 Å². The van der Waals surface area contributed by atoms with Crippen LogP contribution in [-0.4, -0.2) is 18.2 Å². The third-order valence-corrected chi connectivity index (χ3v) is 4.83. The number of hydrogen-bond donors (Lipinski definition) is 0. The number of hydrogen-bond acceptors (Lipinski definition) is 4. The third-order valence-electron chi connectivity index (χ3n) is 3.08. The molecule has 1 rings (SSSR count). The second kappa shape index (κ2) is 12.3. The Kier molecular flexibility index (Phi) is 12.2. The maximum Gasteiger partial charge on any atom is 0.126 e. The van der Waals surface area contributed by atoms with Gasteiger partial charge in [0.1, 0.15) is 5.75 Å². The first-order chi connectivity index (χ1) is 10.4. The van der Waals surface area contributed by atoms with Gasteiger partial charge in [0.25, 0.3) is 0 Å². The molecule has 0 aliphatic carbocycles. The molecule has 0 aliphatic rings. The van der Waals surface area contributed by atoms with Crippen LogP contribution >= 0.6 is 33.8 Å². The standard InChI is InChI=1S/C16H26OS2.C2H4S/c1-7-17-16-14(11(2)3)8-13(10-19-18-6)9-15(16)12(4)5;1-2-3/h8-9,11-12H,7,10H2,1-6H3;2H,1H3. The predicted octanol–water partition coefficient (Wildman–Crippen LogP) is 6.85. The minimum atomic E-state index is 0.498. The molecule has 0 bridgehead atoms. The van der Waals surface area contributed by atoms with E-state index in [1.807, 2.05) is 28.5 Å². The Labute approximate surface area is 150 Å². The summed E-state index contributed by atoms with van der Waals surface area (Å²) in [5, 5.41) is 1.58. The van der Waals surface area contributed by atoms with Crippen LogP contribution < -0.4 is 4.74 Å². The smallest absolute Gasteiger partial charge is 0.126 e. The Balaban J connectivity index is 0.00000135. The molecule has 0 unspecified atom stereocenters. The molecule has 0 saturated carbocycles. The average Bonchev–Trinajstić information content (AvgIpc) is 2.46. The maximum atomic E-state index is 5.94. The molecule has 126 valence electrons. The molecule has 0 saturated heterocycles. The minimum absolute atomic E-state index is 0.498. The summed E-state index contributed by atoms with van der Waals surface area (Å²) in [4.78, 5) is 0. The van der Waals surface area contributed by atoms with E-state index in [2.05, 4.69) is 65.2 Å². The first kappa shape index (κ1) is 21.8. The molecule has 0 atom stereocenters. The van der Waals surface area contributed by atoms with E-state index in [4.69, 9.17) is 4.74 Å². The largest absolute Gasteiger partial charge is 0.493 e. The number of ether oxygens (including phenoxy) is 1. The van der Waals surface area contributed by atoms with Crippen molar-refractivity contribution in [3.63, 3.8) is 0 Å². The van der Waals surface area contributed by atoms with Crippen LogP contribution in [-0.2, 0) is 5.75 Å². The molecule has 1 aromatic rings. The summed E-state index contributed by atoms with van der Waals surface area (Å²) in [5.41, 5.74) is 4.12. The molecule has 4 heteroatoms. The Morgan fingerprint density at radius 1 is 1.14 bits per heavy atom. The van der Waals surface area contributed by atoms with Gasteiger partial charge < -0.3 is 4.74 Å². The van der Waals surface area contributed by atoms with Crippen LogP contribution in [0.5, 0.6) is 5.75 Å². The van der Waals surface area contributed by atoms with Crippen molar-refractivity contribution < 1.29 is 4.74 Å². The lowest BCUT2D eigenvalue weighted by Gasteiger charge is -2.21. The molecule has 0 amide bonds. The van der Waals surface area contributed by atoms with Crippen molar-refractivity contribution in [3.8, 4) is 5.75 Å². The Morgan fingerprint density at radius 2 is 1.59 bits per heavy atom. The summed E-state index contributed by atoms with van der Waals surface area (Å²) in [6, 6.07) is 4.65. The quantitative estimate of drug-likeness (QED) is 0.389. The molecular formula is C18H30OS3. The second-order valence-electron chi connectivity index (χ2n) is 5.51. The van der Waals surface area contributed by atoms with Gasteiger partial charge in [0, 0.05) is 5.75 Å². The van der Waals surface area contributed by atoms with Crippen LogP contribution in [0.1, 0.15) is 70.1 Å². The SMILES string of the molecule is CC=S.CCOc1c(C(C)C)cc(CSSC)cc1C(C)C. The molecule has 0 aromatic heterocycles. The maximum absolute atomic E-state index is 5.94. The third kappa shape index (κ3) is 7.38. The highest BCUT2D eigenvalue weighted by atomic mass is 33.1. The molecule has 0 aliphatic heterocycles. The lowest BCUT2D eigenvalue weighted by atomic mass is 9.92. The van der Waals surface area contributed by atoms with E-state index >= 15 is 0 Å². The van der Waals surface area contributed by atoms with Crippen LogP contribution in [0.25, 0.3) is 0 Å². The molecular weight excluding hydrogens is 328 g/mol. The lowest BCUT2D eigenvalue weighted by molar-refractivity contribution is 0.330. The van der Waals surface area contributed by atoms with Crippen molar-refractivity contribution in [1.29, 1.82) is 0 Å². The van der Waals surface area contributed by atoms with Gasteiger partial charge in [-0.05, 0) is 54.0 Å². The normalized spacial score (nSPS) is 10.4. The molecule has 0 heterocycles. The zero-order chi connectivity index (χ0) is 17.1. The van der Waals surface area contributed by atoms with Crippen molar-refractivity contribution in [2.45, 2.75) is 59.1 Å². The summed E-state index contributed by atoms with van der Waals surface area (Å²) in [6.07, 6.45) is 2.13. The van der Waals surface area contributed by atoms with Crippen molar-refractivity contribution >= 4 is 39.2 Å². The van der Waals surface area contributed by atoms with E-state index in [9.17, 15) is 0 Å². The van der Waals surface area contributed by atoms with Gasteiger partial charge >= 0.3 is 0 Å². The number of benzene rings is 1. The van der Waals surface area contributed by atoms with Gasteiger partial charge in [-0.25, -0.2) is 0 Å². The van der Waals surface area contributed by atoms with Gasteiger partial charge in [-0.15, -0.1) is 0 Å². The molecule has 0 radical (unpaired) electrons. The Morgan fingerprint density at radius 3 is 1.91 bits per heavy atom. The van der Waals surface area contributed by atoms with Crippen LogP contribution in [0, 0.1) is 0 Å². The fraction of sp³-hybridized carbons (Fsp3) is 0.611. The average molecular weight is 359 g/mol. The first-order valence-electron chi connectivity index (χ1n) is 7.77. The van der Waals surface area contributed by atoms with Gasteiger partial charge in [-0.1, -0.05) is 73.6 Å². The summed E-state index contributed by atoms with van der Waals surface area (Å²) in [7, 11) is 3.72. The molecule has 1 aromatic carbocycles. The van der Waals surface area contributed by atoms with E-state index in [0.29, 0.717) is 11.8 Å². The monoisotopic (exact) mass is 358 g/mol. The van der Waals surface area contributed by atoms with E-state index in [-0.39, 0.29) is 0 Å². The van der Waals surface area contributed by atoms with Gasteiger partial charge in [0.2, 0.25) is 0 Å². The van der Waals surface area contributed by atoms with Crippen LogP contribution in [0.3, 0.4) is 0 Å². The van der Waals surface area contributed by atoms with Crippen LogP contribution in [0.2, 0.25) is 0 Å². The second-order valence-corrected chi connectivity index (χ2v) is 8.55. The van der Waals surface area contributed by atoms with Crippen molar-refractivity contribution in [2.75, 3.05) is 12.9 Å². The topological polar surface area (TPSA) is 9.23 Å². The fourth-order valence-electron chi connectivity index (χ4n) is 2.12. The predicted molar refractivity (Wildman–Crippen MR) is 110 cm³/mol. The summed E-state index contributed by atoms with van der Waals surface area (Å²) >= 11 is 4.27. The molecule has 22 heavy (non-hydrogen) atoms. The highest BCUT2D eigenvalue weighted by molar-refractivity contribution is 8.76. The van der Waals surface area contributed by atoms with Crippen LogP contribution in [0.4, 0.5) is 0 Å². The summed E-state index contributed by atoms with van der Waals surface area (Å²) < 4.78 is 5.94. The first-order valence-corrected chi connectivity index (χ1v) is 11.0. The van der Waals surface area contributed by atoms with Gasteiger partial charge in [0.15, 0.2) is 0 Å². The number of rotatable bonds is 7. The van der Waals surface area contributed by atoms with Crippen molar-refractivity contribution in [1.82, 2.24) is 0 Å². The summed E-state index contributed by atoms with van der Waals surface area (Å²) in [5.74, 6) is 3.18. The van der Waals surface area contributed by atoms with Crippen molar-refractivity contribution in [2.24, 2.45) is 0 Å². The highest BCUT2D eigenvalue weighted by Gasteiger charge is 2.16.